The number of aromatic amines is 1. The molecular formula is C23H20ClN7O2. The number of imidazole rings is 1. The number of methoxy groups -OCH3 is 1. The third kappa shape index (κ3) is 4.06. The Hall–Kier alpha value is -4.11. The van der Waals surface area contributed by atoms with Gasteiger partial charge in [-0.25, -0.2) is 15.0 Å². The number of hydrogen-bond donors (Lipinski definition) is 3. The molecule has 3 heterocycles. The Balaban J connectivity index is 1.40. The van der Waals surface area contributed by atoms with E-state index in [4.69, 9.17) is 22.1 Å². The van der Waals surface area contributed by atoms with Crippen molar-refractivity contribution in [3.63, 3.8) is 0 Å². The van der Waals surface area contributed by atoms with Crippen molar-refractivity contribution in [1.29, 1.82) is 0 Å². The molecule has 0 fully saturated rings. The van der Waals surface area contributed by atoms with Crippen LogP contribution in [0.1, 0.15) is 21.6 Å². The van der Waals surface area contributed by atoms with Crippen molar-refractivity contribution in [1.82, 2.24) is 29.8 Å². The summed E-state index contributed by atoms with van der Waals surface area (Å²) in [5.41, 5.74) is 10.4. The van der Waals surface area contributed by atoms with E-state index < -0.39 is 0 Å². The second-order valence-corrected chi connectivity index (χ2v) is 7.98. The summed E-state index contributed by atoms with van der Waals surface area (Å²) in [4.78, 5) is 28.6. The molecule has 0 aliphatic carbocycles. The van der Waals surface area contributed by atoms with Crippen LogP contribution in [0.5, 0.6) is 5.75 Å². The Morgan fingerprint density at radius 2 is 2.09 bits per heavy atom. The average molecular weight is 462 g/mol. The number of fused-ring (bicyclic) bond motifs is 2. The van der Waals surface area contributed by atoms with Gasteiger partial charge in [0.2, 0.25) is 0 Å². The fraction of sp³-hybridized carbons (Fsp3) is 0.130. The number of nitrogens with one attached hydrogen (secondary N) is 2. The van der Waals surface area contributed by atoms with Gasteiger partial charge in [-0.2, -0.15) is 0 Å². The second-order valence-electron chi connectivity index (χ2n) is 7.54. The lowest BCUT2D eigenvalue weighted by atomic mass is 10.1. The zero-order chi connectivity index (χ0) is 22.9. The number of carbonyl (C=O) groups excluding carboxylic acids is 1. The molecule has 0 bridgehead atoms. The van der Waals surface area contributed by atoms with Gasteiger partial charge in [0.15, 0.2) is 11.5 Å². The molecule has 3 aromatic heterocycles. The van der Waals surface area contributed by atoms with Crippen LogP contribution in [0.2, 0.25) is 5.02 Å². The van der Waals surface area contributed by atoms with E-state index in [0.29, 0.717) is 46.4 Å². The summed E-state index contributed by atoms with van der Waals surface area (Å²) in [6.07, 6.45) is 3.10. The van der Waals surface area contributed by atoms with E-state index in [1.807, 2.05) is 22.8 Å². The van der Waals surface area contributed by atoms with Gasteiger partial charge < -0.3 is 25.3 Å². The van der Waals surface area contributed by atoms with Crippen molar-refractivity contribution in [3.8, 4) is 5.75 Å². The number of anilines is 1. The van der Waals surface area contributed by atoms with Crippen molar-refractivity contribution in [2.75, 3.05) is 12.8 Å². The minimum Gasteiger partial charge on any atom is -0.497 e. The first kappa shape index (κ1) is 20.8. The van der Waals surface area contributed by atoms with Crippen LogP contribution in [-0.2, 0) is 13.1 Å². The minimum atomic E-state index is -0.187. The first-order valence-corrected chi connectivity index (χ1v) is 10.5. The minimum absolute atomic E-state index is 0.187. The number of nitrogens with zero attached hydrogens (tertiary/aromatic N) is 4. The Morgan fingerprint density at radius 1 is 1.21 bits per heavy atom. The maximum absolute atomic E-state index is 12.6. The fourth-order valence-electron chi connectivity index (χ4n) is 3.80. The number of carbonyl (C=O) groups is 1. The number of ether oxygens (including phenoxy) is 1. The molecule has 0 spiro atoms. The number of hydrogen-bond acceptors (Lipinski definition) is 6. The SMILES string of the molecule is COc1cccc(C(=O)NCc2cc3cc(Cl)cc(Cn4cnc5c(N)ncnc54)c3[nH]2)c1. The Kier molecular flexibility index (Phi) is 5.31. The molecule has 0 radical (unpaired) electrons. The van der Waals surface area contributed by atoms with Crippen molar-refractivity contribution in [2.24, 2.45) is 0 Å². The molecule has 1 amide bonds. The summed E-state index contributed by atoms with van der Waals surface area (Å²) < 4.78 is 7.08. The highest BCUT2D eigenvalue weighted by Crippen LogP contribution is 2.26. The van der Waals surface area contributed by atoms with Gasteiger partial charge in [0.25, 0.3) is 5.91 Å². The van der Waals surface area contributed by atoms with Gasteiger partial charge in [-0.1, -0.05) is 17.7 Å². The van der Waals surface area contributed by atoms with Crippen LogP contribution in [0.25, 0.3) is 22.1 Å². The van der Waals surface area contributed by atoms with E-state index in [0.717, 1.165) is 22.2 Å². The van der Waals surface area contributed by atoms with E-state index in [1.165, 1.54) is 6.33 Å². The van der Waals surface area contributed by atoms with Crippen molar-refractivity contribution >= 4 is 45.4 Å². The van der Waals surface area contributed by atoms with E-state index >= 15 is 0 Å². The predicted octanol–water partition coefficient (Wildman–Crippen LogP) is 3.53. The molecular weight excluding hydrogens is 442 g/mol. The van der Waals surface area contributed by atoms with Crippen LogP contribution < -0.4 is 15.8 Å². The number of nitrogens with two attached hydrogens (primary N) is 1. The Morgan fingerprint density at radius 3 is 2.94 bits per heavy atom. The number of rotatable bonds is 6. The number of H-pyrrole nitrogens is 1. The molecule has 33 heavy (non-hydrogen) atoms. The Labute approximate surface area is 193 Å². The highest BCUT2D eigenvalue weighted by Gasteiger charge is 2.13. The van der Waals surface area contributed by atoms with Gasteiger partial charge in [-0.15, -0.1) is 0 Å². The van der Waals surface area contributed by atoms with E-state index in [9.17, 15) is 4.79 Å². The summed E-state index contributed by atoms with van der Waals surface area (Å²) in [6, 6.07) is 12.8. The normalized spacial score (nSPS) is 11.2. The van der Waals surface area contributed by atoms with Gasteiger partial charge in [0.1, 0.15) is 17.6 Å². The molecule has 10 heteroatoms. The molecule has 5 rings (SSSR count). The molecule has 4 N–H and O–H groups in total. The molecule has 0 saturated carbocycles. The van der Waals surface area contributed by atoms with Gasteiger partial charge >= 0.3 is 0 Å². The molecule has 0 aliphatic heterocycles. The number of halogens is 1. The molecule has 166 valence electrons. The maximum Gasteiger partial charge on any atom is 0.251 e. The number of amides is 1. The van der Waals surface area contributed by atoms with E-state index in [2.05, 4.69) is 25.3 Å². The van der Waals surface area contributed by atoms with Gasteiger partial charge in [-0.05, 0) is 42.0 Å². The zero-order valence-corrected chi connectivity index (χ0v) is 18.4. The summed E-state index contributed by atoms with van der Waals surface area (Å²) >= 11 is 6.39. The van der Waals surface area contributed by atoms with E-state index in [-0.39, 0.29) is 5.91 Å². The zero-order valence-electron chi connectivity index (χ0n) is 17.7. The molecule has 5 aromatic rings. The van der Waals surface area contributed by atoms with Crippen LogP contribution in [-0.4, -0.2) is 37.5 Å². The van der Waals surface area contributed by atoms with Crippen LogP contribution >= 0.6 is 11.6 Å². The van der Waals surface area contributed by atoms with Crippen molar-refractivity contribution in [3.05, 3.63) is 77.0 Å². The molecule has 9 nitrogen and oxygen atoms in total. The largest absolute Gasteiger partial charge is 0.497 e. The molecule has 0 unspecified atom stereocenters. The topological polar surface area (TPSA) is 124 Å². The summed E-state index contributed by atoms with van der Waals surface area (Å²) in [7, 11) is 1.57. The molecule has 0 atom stereocenters. The van der Waals surface area contributed by atoms with Gasteiger partial charge in [0, 0.05) is 21.7 Å². The quantitative estimate of drug-likeness (QED) is 0.355. The third-order valence-electron chi connectivity index (χ3n) is 5.37. The predicted molar refractivity (Wildman–Crippen MR) is 126 cm³/mol. The highest BCUT2D eigenvalue weighted by atomic mass is 35.5. The maximum atomic E-state index is 12.6. The second kappa shape index (κ2) is 8.44. The van der Waals surface area contributed by atoms with Crippen LogP contribution in [0, 0.1) is 0 Å². The summed E-state index contributed by atoms with van der Waals surface area (Å²) in [6.45, 7) is 0.819. The van der Waals surface area contributed by atoms with E-state index in [1.54, 1.807) is 37.7 Å². The lowest BCUT2D eigenvalue weighted by molar-refractivity contribution is 0.0950. The molecule has 0 aliphatic rings. The number of nitrogen functional groups attached to an aromatic ring is 1. The lowest BCUT2D eigenvalue weighted by Crippen LogP contribution is -2.22. The summed E-state index contributed by atoms with van der Waals surface area (Å²) in [5.74, 6) is 0.781. The fourth-order valence-corrected chi connectivity index (χ4v) is 4.05. The van der Waals surface area contributed by atoms with Crippen LogP contribution in [0.3, 0.4) is 0 Å². The van der Waals surface area contributed by atoms with Crippen LogP contribution in [0.4, 0.5) is 5.82 Å². The van der Waals surface area contributed by atoms with Crippen LogP contribution in [0.15, 0.2) is 55.1 Å². The highest BCUT2D eigenvalue weighted by molar-refractivity contribution is 6.31. The van der Waals surface area contributed by atoms with Gasteiger partial charge in [-0.3, -0.25) is 4.79 Å². The Bertz CT molecular complexity index is 1490. The van der Waals surface area contributed by atoms with Crippen molar-refractivity contribution < 1.29 is 9.53 Å². The summed E-state index contributed by atoms with van der Waals surface area (Å²) in [5, 5.41) is 4.49. The average Bonchev–Trinajstić information content (AvgIpc) is 3.42. The van der Waals surface area contributed by atoms with Gasteiger partial charge in [0.05, 0.1) is 32.0 Å². The third-order valence-corrected chi connectivity index (χ3v) is 5.59. The smallest absolute Gasteiger partial charge is 0.251 e. The molecule has 2 aromatic carbocycles. The van der Waals surface area contributed by atoms with Crippen molar-refractivity contribution in [2.45, 2.75) is 13.1 Å². The number of benzene rings is 2. The monoisotopic (exact) mass is 461 g/mol. The molecule has 0 saturated heterocycles. The first-order chi connectivity index (χ1) is 16.0. The first-order valence-electron chi connectivity index (χ1n) is 10.2. The standard InChI is InChI=1S/C23H20ClN7O2/c1-33-18-4-2-3-13(8-18)23(32)26-9-17-7-14-5-16(24)6-15(19(14)30-17)10-31-12-29-20-21(25)27-11-28-22(20)31/h2-8,11-12,30H,9-10H2,1H3,(H,26,32)(H2,25,27,28). The lowest BCUT2D eigenvalue weighted by Gasteiger charge is -2.07. The number of aromatic nitrogens is 5.